The van der Waals surface area contributed by atoms with Crippen LogP contribution < -0.4 is 10.6 Å². The van der Waals surface area contributed by atoms with Gasteiger partial charge in [0.05, 0.1) is 10.2 Å². The number of para-hydroxylation sites is 1. The van der Waals surface area contributed by atoms with Crippen LogP contribution >= 0.6 is 11.3 Å². The molecule has 2 aromatic carbocycles. The van der Waals surface area contributed by atoms with Crippen LogP contribution in [0.2, 0.25) is 0 Å². The highest BCUT2D eigenvalue weighted by molar-refractivity contribution is 7.22. The number of rotatable bonds is 1. The van der Waals surface area contributed by atoms with Crippen molar-refractivity contribution in [2.75, 3.05) is 17.2 Å². The molecule has 2 N–H and O–H groups in total. The van der Waals surface area contributed by atoms with E-state index in [1.165, 1.54) is 24.1 Å². The zero-order valence-corrected chi connectivity index (χ0v) is 12.6. The maximum Gasteiger partial charge on any atom is 0.190 e. The number of nitrogens with zero attached hydrogens (tertiary/aromatic N) is 2. The topological polar surface area (TPSA) is 42.1 Å². The van der Waals surface area contributed by atoms with E-state index in [1.807, 2.05) is 18.2 Å². The zero-order chi connectivity index (χ0) is 14.2. The molecule has 0 saturated heterocycles. The van der Waals surface area contributed by atoms with Crippen molar-refractivity contribution in [1.29, 1.82) is 0 Å². The molecule has 1 aromatic heterocycles. The summed E-state index contributed by atoms with van der Waals surface area (Å²) >= 11 is 1.73. The maximum absolute atomic E-state index is 5.88. The molecule has 1 aliphatic rings. The Hall–Kier alpha value is -2.07. The average molecular weight is 295 g/mol. The number of aromatic nitrogens is 1. The summed E-state index contributed by atoms with van der Waals surface area (Å²) in [5.41, 5.74) is 10.4. The minimum Gasteiger partial charge on any atom is -0.399 e. The fraction of sp³-hybridized carbons (Fsp3) is 0.235. The molecule has 0 atom stereocenters. The number of hydrogen-bond donors (Lipinski definition) is 1. The largest absolute Gasteiger partial charge is 0.399 e. The number of benzene rings is 2. The fourth-order valence-corrected chi connectivity index (χ4v) is 3.99. The van der Waals surface area contributed by atoms with Crippen LogP contribution in [0.4, 0.5) is 16.5 Å². The van der Waals surface area contributed by atoms with Crippen molar-refractivity contribution in [2.24, 2.45) is 0 Å². The molecule has 1 aliphatic heterocycles. The first-order valence-electron chi connectivity index (χ1n) is 7.33. The summed E-state index contributed by atoms with van der Waals surface area (Å²) in [6.45, 7) is 1.03. The van der Waals surface area contributed by atoms with Crippen molar-refractivity contribution in [3.8, 4) is 0 Å². The molecule has 0 amide bonds. The van der Waals surface area contributed by atoms with Crippen molar-refractivity contribution < 1.29 is 0 Å². The first kappa shape index (κ1) is 12.7. The number of fused-ring (bicyclic) bond motifs is 2. The Bertz CT molecular complexity index is 794. The van der Waals surface area contributed by atoms with Crippen molar-refractivity contribution in [3.63, 3.8) is 0 Å². The van der Waals surface area contributed by atoms with E-state index in [4.69, 9.17) is 10.7 Å². The van der Waals surface area contributed by atoms with E-state index in [0.717, 1.165) is 34.0 Å². The van der Waals surface area contributed by atoms with Gasteiger partial charge in [0, 0.05) is 17.9 Å². The molecule has 4 rings (SSSR count). The van der Waals surface area contributed by atoms with Crippen LogP contribution in [0.25, 0.3) is 10.2 Å². The highest BCUT2D eigenvalue weighted by Gasteiger charge is 2.19. The average Bonchev–Trinajstić information content (AvgIpc) is 2.78. The van der Waals surface area contributed by atoms with Gasteiger partial charge in [-0.15, -0.1) is 0 Å². The van der Waals surface area contributed by atoms with E-state index in [2.05, 4.69) is 29.2 Å². The van der Waals surface area contributed by atoms with Crippen molar-refractivity contribution in [1.82, 2.24) is 4.98 Å². The molecular weight excluding hydrogens is 278 g/mol. The summed E-state index contributed by atoms with van der Waals surface area (Å²) < 4.78 is 1.16. The number of thiazole rings is 1. The predicted octanol–water partition coefficient (Wildman–Crippen LogP) is 4.35. The third-order valence-corrected chi connectivity index (χ3v) is 5.03. The van der Waals surface area contributed by atoms with Crippen LogP contribution in [-0.2, 0) is 6.42 Å². The predicted molar refractivity (Wildman–Crippen MR) is 90.4 cm³/mol. The Labute approximate surface area is 128 Å². The number of anilines is 3. The molecule has 3 nitrogen and oxygen atoms in total. The van der Waals surface area contributed by atoms with E-state index >= 15 is 0 Å². The molecule has 106 valence electrons. The number of nitrogens with two attached hydrogens (primary N) is 1. The van der Waals surface area contributed by atoms with Crippen molar-refractivity contribution in [3.05, 3.63) is 48.0 Å². The first-order chi connectivity index (χ1) is 10.3. The second-order valence-corrected chi connectivity index (χ2v) is 6.47. The molecule has 3 aromatic rings. The lowest BCUT2D eigenvalue weighted by atomic mass is 10.1. The van der Waals surface area contributed by atoms with E-state index < -0.39 is 0 Å². The highest BCUT2D eigenvalue weighted by atomic mass is 32.1. The van der Waals surface area contributed by atoms with Gasteiger partial charge in [-0.05, 0) is 49.1 Å². The van der Waals surface area contributed by atoms with Crippen LogP contribution in [0.5, 0.6) is 0 Å². The van der Waals surface area contributed by atoms with Gasteiger partial charge in [0.2, 0.25) is 0 Å². The Balaban J connectivity index is 1.84. The number of aryl methyl sites for hydroxylation is 1. The van der Waals surface area contributed by atoms with Gasteiger partial charge >= 0.3 is 0 Å². The van der Waals surface area contributed by atoms with Crippen LogP contribution in [0.1, 0.15) is 18.4 Å². The van der Waals surface area contributed by atoms with Crippen LogP contribution in [0.15, 0.2) is 42.5 Å². The van der Waals surface area contributed by atoms with Crippen LogP contribution in [-0.4, -0.2) is 11.5 Å². The van der Waals surface area contributed by atoms with E-state index in [1.54, 1.807) is 11.3 Å². The minimum absolute atomic E-state index is 0.800. The molecule has 0 aliphatic carbocycles. The molecule has 0 spiro atoms. The summed E-state index contributed by atoms with van der Waals surface area (Å²) in [4.78, 5) is 7.17. The third-order valence-electron chi connectivity index (χ3n) is 3.99. The number of hydrogen-bond acceptors (Lipinski definition) is 4. The van der Waals surface area contributed by atoms with E-state index in [-0.39, 0.29) is 0 Å². The lowest BCUT2D eigenvalue weighted by Crippen LogP contribution is -2.17. The molecular formula is C17H17N3S. The quantitative estimate of drug-likeness (QED) is 0.678. The third kappa shape index (κ3) is 2.25. The molecule has 0 unspecified atom stereocenters. The molecule has 4 heteroatoms. The molecule has 0 saturated carbocycles. The standard InChI is InChI=1S/C17H17N3S/c18-13-8-9-14-16(11-13)21-17(19-14)20-10-4-3-6-12-5-1-2-7-15(12)20/h1-2,5,7-9,11H,3-4,6,10,18H2. The van der Waals surface area contributed by atoms with Gasteiger partial charge in [-0.25, -0.2) is 4.98 Å². The van der Waals surface area contributed by atoms with Gasteiger partial charge < -0.3 is 10.6 Å². The molecule has 0 fully saturated rings. The Morgan fingerprint density at radius 3 is 2.95 bits per heavy atom. The fourth-order valence-electron chi connectivity index (χ4n) is 2.93. The van der Waals surface area contributed by atoms with Gasteiger partial charge in [-0.1, -0.05) is 29.5 Å². The normalized spacial score (nSPS) is 15.0. The highest BCUT2D eigenvalue weighted by Crippen LogP contribution is 2.37. The van der Waals surface area contributed by atoms with Crippen LogP contribution in [0, 0.1) is 0 Å². The summed E-state index contributed by atoms with van der Waals surface area (Å²) in [5.74, 6) is 0. The zero-order valence-electron chi connectivity index (χ0n) is 11.7. The first-order valence-corrected chi connectivity index (χ1v) is 8.14. The van der Waals surface area contributed by atoms with Crippen LogP contribution in [0.3, 0.4) is 0 Å². The Kier molecular flexibility index (Phi) is 3.04. The van der Waals surface area contributed by atoms with Gasteiger partial charge in [0.15, 0.2) is 5.13 Å². The summed E-state index contributed by atoms with van der Waals surface area (Å²) in [7, 11) is 0. The summed E-state index contributed by atoms with van der Waals surface area (Å²) in [6, 6.07) is 14.6. The minimum atomic E-state index is 0.800. The lowest BCUT2D eigenvalue weighted by Gasteiger charge is -2.21. The second-order valence-electron chi connectivity index (χ2n) is 5.46. The van der Waals surface area contributed by atoms with Gasteiger partial charge in [0.1, 0.15) is 0 Å². The molecule has 0 bridgehead atoms. The Morgan fingerprint density at radius 2 is 2.00 bits per heavy atom. The molecule has 0 radical (unpaired) electrons. The van der Waals surface area contributed by atoms with Gasteiger partial charge in [0.25, 0.3) is 0 Å². The smallest absolute Gasteiger partial charge is 0.190 e. The van der Waals surface area contributed by atoms with Gasteiger partial charge in [-0.2, -0.15) is 0 Å². The van der Waals surface area contributed by atoms with Crippen molar-refractivity contribution >= 4 is 38.1 Å². The van der Waals surface area contributed by atoms with Crippen molar-refractivity contribution in [2.45, 2.75) is 19.3 Å². The van der Waals surface area contributed by atoms with E-state index in [0.29, 0.717) is 0 Å². The summed E-state index contributed by atoms with van der Waals surface area (Å²) in [6.07, 6.45) is 3.60. The lowest BCUT2D eigenvalue weighted by molar-refractivity contribution is 0.760. The molecule has 21 heavy (non-hydrogen) atoms. The Morgan fingerprint density at radius 1 is 1.10 bits per heavy atom. The van der Waals surface area contributed by atoms with E-state index in [9.17, 15) is 0 Å². The second kappa shape index (κ2) is 5.04. The molecule has 2 heterocycles. The maximum atomic E-state index is 5.88. The van der Waals surface area contributed by atoms with Gasteiger partial charge in [-0.3, -0.25) is 0 Å². The monoisotopic (exact) mass is 295 g/mol. The summed E-state index contributed by atoms with van der Waals surface area (Å²) in [5, 5.41) is 1.07. The number of nitrogen functional groups attached to an aromatic ring is 1. The SMILES string of the molecule is Nc1ccc2nc(N3CCCCc4ccccc43)sc2c1.